The number of anilines is 1. The van der Waals surface area contributed by atoms with E-state index < -0.39 is 5.97 Å². The lowest BCUT2D eigenvalue weighted by Crippen LogP contribution is -2.11. The van der Waals surface area contributed by atoms with E-state index in [-0.39, 0.29) is 0 Å². The molecule has 0 saturated carbocycles. The number of carboxylic acid groups (broad SMARTS) is 1. The van der Waals surface area contributed by atoms with Gasteiger partial charge < -0.3 is 15.2 Å². The fourth-order valence-corrected chi connectivity index (χ4v) is 2.89. The molecule has 7 heteroatoms. The summed E-state index contributed by atoms with van der Waals surface area (Å²) in [7, 11) is 0. The fourth-order valence-electron chi connectivity index (χ4n) is 1.90. The molecule has 2 aromatic rings. The van der Waals surface area contributed by atoms with Crippen molar-refractivity contribution in [2.45, 2.75) is 13.8 Å². The molecule has 0 atom stereocenters. The number of nitrogens with zero attached hydrogens (tertiary/aromatic N) is 2. The second kappa shape index (κ2) is 6.64. The molecule has 0 fully saturated rings. The van der Waals surface area contributed by atoms with Crippen LogP contribution >= 0.6 is 11.3 Å². The van der Waals surface area contributed by atoms with Crippen molar-refractivity contribution in [1.82, 2.24) is 9.97 Å². The molecule has 21 heavy (non-hydrogen) atoms. The average molecular weight is 307 g/mol. The molecule has 0 aromatic carbocycles. The Balaban J connectivity index is 2.13. The number of aryl methyl sites for hydroxylation is 1. The molecule has 112 valence electrons. The Bertz CT molecular complexity index is 681. The van der Waals surface area contributed by atoms with Crippen molar-refractivity contribution in [3.8, 4) is 0 Å². The first-order valence-electron chi connectivity index (χ1n) is 6.44. The second-order valence-corrected chi connectivity index (χ2v) is 5.70. The summed E-state index contributed by atoms with van der Waals surface area (Å²) in [6.07, 6.45) is 1.43. The maximum absolute atomic E-state index is 11.2. The number of fused-ring (bicyclic) bond motifs is 1. The first-order chi connectivity index (χ1) is 10.0. The quantitative estimate of drug-likeness (QED) is 0.604. The van der Waals surface area contributed by atoms with Crippen LogP contribution in [0.1, 0.15) is 22.2 Å². The number of hydrogen-bond donors (Lipinski definition) is 2. The molecule has 6 nitrogen and oxygen atoms in total. The lowest BCUT2D eigenvalue weighted by molar-refractivity contribution is 0.0701. The third kappa shape index (κ3) is 3.56. The highest BCUT2D eigenvalue weighted by Gasteiger charge is 2.18. The van der Waals surface area contributed by atoms with Crippen LogP contribution in [0.2, 0.25) is 0 Å². The summed E-state index contributed by atoms with van der Waals surface area (Å²) in [5.41, 5.74) is 1.66. The van der Waals surface area contributed by atoms with E-state index in [1.807, 2.05) is 6.92 Å². The Kier molecular flexibility index (Phi) is 4.87. The van der Waals surface area contributed by atoms with Gasteiger partial charge in [0, 0.05) is 6.54 Å². The van der Waals surface area contributed by atoms with Gasteiger partial charge in [0.25, 0.3) is 0 Å². The van der Waals surface area contributed by atoms with Crippen LogP contribution in [0.4, 0.5) is 5.82 Å². The van der Waals surface area contributed by atoms with Gasteiger partial charge in [0.15, 0.2) is 0 Å². The van der Waals surface area contributed by atoms with Gasteiger partial charge in [-0.05, 0) is 19.4 Å². The first kappa shape index (κ1) is 15.4. The van der Waals surface area contributed by atoms with Crippen LogP contribution in [0.15, 0.2) is 18.5 Å². The topological polar surface area (TPSA) is 84.3 Å². The minimum Gasteiger partial charge on any atom is -0.477 e. The standard InChI is InChI=1S/C14H17N3O3S/c1-8(2)6-20-5-4-15-12-10-9(3)11(14(18)19)21-13(10)17-7-16-12/h7H,1,4-6H2,2-3H3,(H,18,19)(H,15,16,17). The van der Waals surface area contributed by atoms with Gasteiger partial charge >= 0.3 is 5.97 Å². The summed E-state index contributed by atoms with van der Waals surface area (Å²) in [5, 5.41) is 13.1. The van der Waals surface area contributed by atoms with Crippen molar-refractivity contribution in [3.63, 3.8) is 0 Å². The molecule has 0 spiro atoms. The van der Waals surface area contributed by atoms with Gasteiger partial charge in [-0.3, -0.25) is 0 Å². The molecule has 0 amide bonds. The summed E-state index contributed by atoms with van der Waals surface area (Å²) in [6.45, 7) is 9.07. The zero-order chi connectivity index (χ0) is 15.4. The number of aromatic nitrogens is 2. The number of hydrogen-bond acceptors (Lipinski definition) is 6. The average Bonchev–Trinajstić information content (AvgIpc) is 2.76. The summed E-state index contributed by atoms with van der Waals surface area (Å²) in [5.74, 6) is -0.300. The highest BCUT2D eigenvalue weighted by atomic mass is 32.1. The van der Waals surface area contributed by atoms with Crippen molar-refractivity contribution < 1.29 is 14.6 Å². The Hall–Kier alpha value is -1.99. The lowest BCUT2D eigenvalue weighted by Gasteiger charge is -2.08. The number of carboxylic acids is 1. The number of nitrogens with one attached hydrogen (secondary N) is 1. The van der Waals surface area contributed by atoms with E-state index in [9.17, 15) is 4.79 Å². The summed E-state index contributed by atoms with van der Waals surface area (Å²) < 4.78 is 5.41. The van der Waals surface area contributed by atoms with E-state index in [2.05, 4.69) is 21.9 Å². The van der Waals surface area contributed by atoms with Crippen LogP contribution in [0.5, 0.6) is 0 Å². The smallest absolute Gasteiger partial charge is 0.346 e. The molecule has 0 aliphatic heterocycles. The van der Waals surface area contributed by atoms with Gasteiger partial charge in [-0.2, -0.15) is 0 Å². The third-order valence-corrected chi connectivity index (χ3v) is 4.00. The molecular weight excluding hydrogens is 290 g/mol. The van der Waals surface area contributed by atoms with E-state index in [1.165, 1.54) is 6.33 Å². The lowest BCUT2D eigenvalue weighted by atomic mass is 10.2. The normalized spacial score (nSPS) is 10.8. The highest BCUT2D eigenvalue weighted by molar-refractivity contribution is 7.20. The molecule has 0 bridgehead atoms. The second-order valence-electron chi connectivity index (χ2n) is 4.70. The van der Waals surface area contributed by atoms with Gasteiger partial charge in [-0.15, -0.1) is 11.3 Å². The summed E-state index contributed by atoms with van der Waals surface area (Å²) in [4.78, 5) is 20.5. The van der Waals surface area contributed by atoms with Crippen molar-refractivity contribution in [3.05, 3.63) is 28.9 Å². The SMILES string of the molecule is C=C(C)COCCNc1ncnc2sc(C(=O)O)c(C)c12. The molecule has 0 aliphatic rings. The zero-order valence-corrected chi connectivity index (χ0v) is 12.8. The molecular formula is C14H17N3O3S. The summed E-state index contributed by atoms with van der Waals surface area (Å²) >= 11 is 1.16. The van der Waals surface area contributed by atoms with Crippen LogP contribution in [0.25, 0.3) is 10.2 Å². The van der Waals surface area contributed by atoms with Gasteiger partial charge in [0.05, 0.1) is 18.6 Å². The van der Waals surface area contributed by atoms with Crippen LogP contribution in [0.3, 0.4) is 0 Å². The maximum atomic E-state index is 11.2. The van der Waals surface area contributed by atoms with Crippen molar-refractivity contribution >= 4 is 33.3 Å². The molecule has 0 unspecified atom stereocenters. The van der Waals surface area contributed by atoms with Gasteiger partial charge in [-0.1, -0.05) is 12.2 Å². The first-order valence-corrected chi connectivity index (χ1v) is 7.25. The van der Waals surface area contributed by atoms with Crippen molar-refractivity contribution in [1.29, 1.82) is 0 Å². The Morgan fingerprint density at radius 2 is 2.29 bits per heavy atom. The monoisotopic (exact) mass is 307 g/mol. The maximum Gasteiger partial charge on any atom is 0.346 e. The Morgan fingerprint density at radius 1 is 1.52 bits per heavy atom. The molecule has 2 heterocycles. The van der Waals surface area contributed by atoms with E-state index >= 15 is 0 Å². The Labute approximate surface area is 126 Å². The van der Waals surface area contributed by atoms with Gasteiger partial charge in [0.2, 0.25) is 0 Å². The predicted octanol–water partition coefficient (Wildman–Crippen LogP) is 2.70. The molecule has 2 rings (SSSR count). The number of carbonyl (C=O) groups is 1. The number of aromatic carboxylic acids is 1. The molecule has 0 radical (unpaired) electrons. The number of thiophene rings is 1. The summed E-state index contributed by atoms with van der Waals surface area (Å²) in [6, 6.07) is 0. The van der Waals surface area contributed by atoms with Gasteiger partial charge in [0.1, 0.15) is 21.9 Å². The highest BCUT2D eigenvalue weighted by Crippen LogP contribution is 2.32. The van der Waals surface area contributed by atoms with E-state index in [0.29, 0.717) is 40.8 Å². The predicted molar refractivity (Wildman–Crippen MR) is 83.2 cm³/mol. The number of rotatable bonds is 7. The van der Waals surface area contributed by atoms with Crippen molar-refractivity contribution in [2.75, 3.05) is 25.1 Å². The van der Waals surface area contributed by atoms with E-state index in [4.69, 9.17) is 9.84 Å². The zero-order valence-electron chi connectivity index (χ0n) is 12.0. The van der Waals surface area contributed by atoms with E-state index in [1.54, 1.807) is 6.92 Å². The van der Waals surface area contributed by atoms with E-state index in [0.717, 1.165) is 22.3 Å². The largest absolute Gasteiger partial charge is 0.477 e. The number of ether oxygens (including phenoxy) is 1. The van der Waals surface area contributed by atoms with Crippen LogP contribution in [-0.4, -0.2) is 40.8 Å². The van der Waals surface area contributed by atoms with Gasteiger partial charge in [-0.25, -0.2) is 14.8 Å². The van der Waals surface area contributed by atoms with Crippen LogP contribution < -0.4 is 5.32 Å². The van der Waals surface area contributed by atoms with Crippen LogP contribution in [0, 0.1) is 6.92 Å². The minimum absolute atomic E-state index is 0.298. The molecule has 2 N–H and O–H groups in total. The molecule has 0 aliphatic carbocycles. The van der Waals surface area contributed by atoms with Crippen molar-refractivity contribution in [2.24, 2.45) is 0 Å². The Morgan fingerprint density at radius 3 is 2.95 bits per heavy atom. The third-order valence-electron chi connectivity index (χ3n) is 2.81. The fraction of sp³-hybridized carbons (Fsp3) is 0.357. The van der Waals surface area contributed by atoms with Crippen LogP contribution in [-0.2, 0) is 4.74 Å². The molecule has 0 saturated heterocycles. The molecule has 2 aromatic heterocycles. The minimum atomic E-state index is -0.939.